The summed E-state index contributed by atoms with van der Waals surface area (Å²) in [4.78, 5) is 11.8. The van der Waals surface area contributed by atoms with Gasteiger partial charge in [-0.05, 0) is 31.0 Å². The summed E-state index contributed by atoms with van der Waals surface area (Å²) in [5.74, 6) is -0.0635. The molecule has 0 unspecified atom stereocenters. The second-order valence-corrected chi connectivity index (χ2v) is 5.11. The normalized spacial score (nSPS) is 10.2. The fraction of sp³-hybridized carbons (Fsp3) is 0.357. The van der Waals surface area contributed by atoms with E-state index in [-0.39, 0.29) is 5.91 Å². The van der Waals surface area contributed by atoms with Gasteiger partial charge in [-0.15, -0.1) is 6.58 Å². The van der Waals surface area contributed by atoms with Crippen molar-refractivity contribution >= 4 is 33.2 Å². The molecule has 4 nitrogen and oxygen atoms in total. The Morgan fingerprint density at radius 2 is 2.32 bits per heavy atom. The zero-order chi connectivity index (χ0) is 14.3. The fourth-order valence-corrected chi connectivity index (χ4v) is 2.14. The van der Waals surface area contributed by atoms with E-state index >= 15 is 0 Å². The summed E-state index contributed by atoms with van der Waals surface area (Å²) in [6.45, 7) is 6.52. The minimum atomic E-state index is -0.0635. The van der Waals surface area contributed by atoms with Crippen molar-refractivity contribution in [2.45, 2.75) is 19.8 Å². The Kier molecular flexibility index (Phi) is 6.59. The Bertz CT molecular complexity index is 461. The molecular weight excluding hydrogens is 308 g/mol. The third-order valence-electron chi connectivity index (χ3n) is 2.55. The summed E-state index contributed by atoms with van der Waals surface area (Å²) in [5, 5.41) is 2.81. The smallest absolute Gasteiger partial charge is 0.224 e. The van der Waals surface area contributed by atoms with E-state index in [2.05, 4.69) is 27.8 Å². The molecule has 0 aliphatic heterocycles. The molecule has 0 spiro atoms. The molecule has 0 fully saturated rings. The van der Waals surface area contributed by atoms with Crippen LogP contribution in [0.3, 0.4) is 0 Å². The van der Waals surface area contributed by atoms with Gasteiger partial charge < -0.3 is 15.8 Å². The van der Waals surface area contributed by atoms with Gasteiger partial charge in [-0.1, -0.05) is 22.0 Å². The maximum Gasteiger partial charge on any atom is 0.224 e. The number of hydrogen-bond acceptors (Lipinski definition) is 3. The van der Waals surface area contributed by atoms with Gasteiger partial charge in [-0.2, -0.15) is 0 Å². The molecular formula is C14H19BrN2O2. The van der Waals surface area contributed by atoms with Crippen molar-refractivity contribution in [3.8, 4) is 0 Å². The second kappa shape index (κ2) is 7.96. The molecule has 1 rings (SSSR count). The van der Waals surface area contributed by atoms with Crippen LogP contribution in [0.15, 0.2) is 29.3 Å². The molecule has 0 aromatic heterocycles. The number of nitrogens with two attached hydrogens (primary N) is 1. The van der Waals surface area contributed by atoms with Crippen molar-refractivity contribution in [2.75, 3.05) is 24.3 Å². The van der Waals surface area contributed by atoms with E-state index < -0.39 is 0 Å². The van der Waals surface area contributed by atoms with E-state index in [0.717, 1.165) is 10.0 Å². The zero-order valence-electron chi connectivity index (χ0n) is 11.0. The van der Waals surface area contributed by atoms with Crippen LogP contribution >= 0.6 is 15.9 Å². The lowest BCUT2D eigenvalue weighted by molar-refractivity contribution is -0.116. The third kappa shape index (κ3) is 5.44. The number of nitrogens with one attached hydrogen (secondary N) is 1. The monoisotopic (exact) mass is 326 g/mol. The van der Waals surface area contributed by atoms with E-state index in [1.54, 1.807) is 12.1 Å². The minimum absolute atomic E-state index is 0.0635. The van der Waals surface area contributed by atoms with Gasteiger partial charge in [0.05, 0.1) is 18.0 Å². The Balaban J connectivity index is 2.46. The van der Waals surface area contributed by atoms with E-state index in [9.17, 15) is 4.79 Å². The molecule has 0 aliphatic rings. The second-order valence-electron chi connectivity index (χ2n) is 4.20. The molecule has 0 radical (unpaired) electrons. The molecule has 3 N–H and O–H groups in total. The van der Waals surface area contributed by atoms with Gasteiger partial charge in [0.2, 0.25) is 5.91 Å². The number of hydrogen-bond donors (Lipinski definition) is 2. The molecule has 1 aromatic carbocycles. The number of anilines is 2. The third-order valence-corrected chi connectivity index (χ3v) is 3.01. The minimum Gasteiger partial charge on any atom is -0.397 e. The van der Waals surface area contributed by atoms with Crippen molar-refractivity contribution < 1.29 is 9.53 Å². The number of carbonyl (C=O) groups is 1. The highest BCUT2D eigenvalue weighted by atomic mass is 79.9. The summed E-state index contributed by atoms with van der Waals surface area (Å²) < 4.78 is 6.11. The lowest BCUT2D eigenvalue weighted by atomic mass is 10.1. The lowest BCUT2D eigenvalue weighted by Gasteiger charge is -2.11. The molecule has 104 valence electrons. The lowest BCUT2D eigenvalue weighted by Crippen LogP contribution is -2.14. The van der Waals surface area contributed by atoms with E-state index in [4.69, 9.17) is 10.5 Å². The van der Waals surface area contributed by atoms with Crippen LogP contribution in [0, 0.1) is 6.92 Å². The number of carbonyl (C=O) groups excluding carboxylic acids is 1. The van der Waals surface area contributed by atoms with Gasteiger partial charge >= 0.3 is 0 Å². The average molecular weight is 327 g/mol. The Labute approximate surface area is 122 Å². The fourth-order valence-electron chi connectivity index (χ4n) is 1.57. The van der Waals surface area contributed by atoms with Crippen molar-refractivity contribution in [1.29, 1.82) is 0 Å². The molecule has 0 saturated heterocycles. The molecule has 0 heterocycles. The van der Waals surface area contributed by atoms with Crippen molar-refractivity contribution in [2.24, 2.45) is 0 Å². The summed E-state index contributed by atoms with van der Waals surface area (Å²) >= 11 is 3.38. The molecule has 1 amide bonds. The predicted octanol–water partition coefficient (Wildman–Crippen LogP) is 3.26. The summed E-state index contributed by atoms with van der Waals surface area (Å²) in [6, 6.07) is 3.71. The van der Waals surface area contributed by atoms with Gasteiger partial charge in [-0.25, -0.2) is 0 Å². The molecule has 0 aliphatic carbocycles. The van der Waals surface area contributed by atoms with Crippen molar-refractivity contribution in [3.05, 3.63) is 34.8 Å². The quantitative estimate of drug-likeness (QED) is 0.459. The Morgan fingerprint density at radius 3 is 3.00 bits per heavy atom. The van der Waals surface area contributed by atoms with Gasteiger partial charge in [0.15, 0.2) is 0 Å². The number of aryl methyl sites for hydroxylation is 1. The van der Waals surface area contributed by atoms with Crippen LogP contribution in [0.1, 0.15) is 18.4 Å². The average Bonchev–Trinajstić information content (AvgIpc) is 2.35. The van der Waals surface area contributed by atoms with Crippen molar-refractivity contribution in [1.82, 2.24) is 0 Å². The van der Waals surface area contributed by atoms with Gasteiger partial charge in [0, 0.05) is 17.5 Å². The van der Waals surface area contributed by atoms with Crippen LogP contribution in [0.4, 0.5) is 11.4 Å². The number of halogens is 1. The largest absolute Gasteiger partial charge is 0.397 e. The highest BCUT2D eigenvalue weighted by molar-refractivity contribution is 9.10. The predicted molar refractivity (Wildman–Crippen MR) is 82.2 cm³/mol. The number of ether oxygens (including phenoxy) is 1. The number of nitrogen functional groups attached to an aromatic ring is 1. The Morgan fingerprint density at radius 1 is 1.58 bits per heavy atom. The van der Waals surface area contributed by atoms with Gasteiger partial charge in [0.1, 0.15) is 0 Å². The van der Waals surface area contributed by atoms with E-state index in [0.29, 0.717) is 37.4 Å². The van der Waals surface area contributed by atoms with Crippen LogP contribution in [-0.2, 0) is 9.53 Å². The summed E-state index contributed by atoms with van der Waals surface area (Å²) in [6.07, 6.45) is 2.76. The maximum absolute atomic E-state index is 11.8. The van der Waals surface area contributed by atoms with Crippen LogP contribution < -0.4 is 11.1 Å². The first-order valence-electron chi connectivity index (χ1n) is 6.08. The molecule has 0 bridgehead atoms. The van der Waals surface area contributed by atoms with Crippen LogP contribution in [0.25, 0.3) is 0 Å². The topological polar surface area (TPSA) is 64.3 Å². The zero-order valence-corrected chi connectivity index (χ0v) is 12.6. The highest BCUT2D eigenvalue weighted by Gasteiger charge is 2.08. The SMILES string of the molecule is C=CCOCCCC(=O)Nc1cc(Br)cc(C)c1N. The van der Waals surface area contributed by atoms with Crippen LogP contribution in [0.5, 0.6) is 0 Å². The summed E-state index contributed by atoms with van der Waals surface area (Å²) in [7, 11) is 0. The first-order chi connectivity index (χ1) is 9.04. The maximum atomic E-state index is 11.8. The number of amides is 1. The Hall–Kier alpha value is -1.33. The molecule has 0 atom stereocenters. The standard InChI is InChI=1S/C14H19BrN2O2/c1-3-6-19-7-4-5-13(18)17-12-9-11(15)8-10(2)14(12)16/h3,8-9H,1,4-7,16H2,2H3,(H,17,18). The number of benzene rings is 1. The first kappa shape index (κ1) is 15.7. The van der Waals surface area contributed by atoms with Gasteiger partial charge in [0.25, 0.3) is 0 Å². The highest BCUT2D eigenvalue weighted by Crippen LogP contribution is 2.27. The van der Waals surface area contributed by atoms with Crippen LogP contribution in [0.2, 0.25) is 0 Å². The molecule has 1 aromatic rings. The van der Waals surface area contributed by atoms with E-state index in [1.165, 1.54) is 0 Å². The first-order valence-corrected chi connectivity index (χ1v) is 6.88. The molecule has 19 heavy (non-hydrogen) atoms. The van der Waals surface area contributed by atoms with Gasteiger partial charge in [-0.3, -0.25) is 4.79 Å². The summed E-state index contributed by atoms with van der Waals surface area (Å²) in [5.41, 5.74) is 8.09. The molecule has 5 heteroatoms. The molecule has 0 saturated carbocycles. The van der Waals surface area contributed by atoms with Crippen LogP contribution in [-0.4, -0.2) is 19.1 Å². The number of rotatable bonds is 7. The van der Waals surface area contributed by atoms with E-state index in [1.807, 2.05) is 13.0 Å². The van der Waals surface area contributed by atoms with Crippen molar-refractivity contribution in [3.63, 3.8) is 0 Å².